The molecule has 1 aromatic carbocycles. The predicted octanol–water partition coefficient (Wildman–Crippen LogP) is 3.26. The Bertz CT molecular complexity index is 588. The monoisotopic (exact) mass is 297 g/mol. The van der Waals surface area contributed by atoms with Crippen LogP contribution in [0.5, 0.6) is 0 Å². The van der Waals surface area contributed by atoms with Crippen molar-refractivity contribution in [1.82, 2.24) is 9.97 Å². The maximum atomic E-state index is 12.1. The van der Waals surface area contributed by atoms with Crippen molar-refractivity contribution in [3.8, 4) is 11.3 Å². The number of halogens is 3. The van der Waals surface area contributed by atoms with Crippen LogP contribution in [0.3, 0.4) is 0 Å². The number of benzene rings is 1. The highest BCUT2D eigenvalue weighted by atomic mass is 19.4. The summed E-state index contributed by atoms with van der Waals surface area (Å²) in [6, 6.07) is 11.0. The van der Waals surface area contributed by atoms with Crippen molar-refractivity contribution in [1.29, 1.82) is 0 Å². The van der Waals surface area contributed by atoms with Crippen molar-refractivity contribution in [3.05, 3.63) is 42.2 Å². The maximum absolute atomic E-state index is 12.1. The molecule has 0 radical (unpaired) electrons. The molecule has 7 heteroatoms. The third-order valence-corrected chi connectivity index (χ3v) is 2.60. The first-order chi connectivity index (χ1) is 9.98. The summed E-state index contributed by atoms with van der Waals surface area (Å²) in [7, 11) is 1.68. The molecule has 1 heterocycles. The molecule has 0 unspecified atom stereocenters. The summed E-state index contributed by atoms with van der Waals surface area (Å²) in [5.74, 6) is 0.722. The van der Waals surface area contributed by atoms with Gasteiger partial charge in [-0.2, -0.15) is 13.2 Å². The van der Waals surface area contributed by atoms with Crippen LogP contribution in [0.1, 0.15) is 5.82 Å². The Balaban J connectivity index is 2.18. The fourth-order valence-electron chi connectivity index (χ4n) is 1.70. The minimum absolute atomic E-state index is 0.199. The van der Waals surface area contributed by atoms with Crippen molar-refractivity contribution in [2.45, 2.75) is 12.8 Å². The van der Waals surface area contributed by atoms with E-state index in [1.165, 1.54) is 0 Å². The second kappa shape index (κ2) is 6.53. The number of anilines is 1. The van der Waals surface area contributed by atoms with Crippen molar-refractivity contribution in [2.24, 2.45) is 0 Å². The lowest BCUT2D eigenvalue weighted by molar-refractivity contribution is -0.177. The zero-order valence-electron chi connectivity index (χ0n) is 11.3. The van der Waals surface area contributed by atoms with Crippen LogP contribution in [0.25, 0.3) is 11.3 Å². The zero-order valence-corrected chi connectivity index (χ0v) is 11.3. The maximum Gasteiger partial charge on any atom is 0.411 e. The van der Waals surface area contributed by atoms with Gasteiger partial charge in [-0.15, -0.1) is 0 Å². The largest absolute Gasteiger partial charge is 0.411 e. The molecule has 0 aliphatic heterocycles. The molecular weight excluding hydrogens is 283 g/mol. The van der Waals surface area contributed by atoms with E-state index in [-0.39, 0.29) is 12.4 Å². The standard InChI is InChI=1S/C14H14F3N3O/c1-18-12-7-11(10-5-3-2-4-6-10)19-13(20-12)8-21-9-14(15,16)17/h2-7H,8-9H2,1H3,(H,18,19,20). The lowest BCUT2D eigenvalue weighted by Gasteiger charge is -2.10. The van der Waals surface area contributed by atoms with Crippen molar-refractivity contribution >= 4 is 5.82 Å². The number of nitrogens with zero attached hydrogens (tertiary/aromatic N) is 2. The highest BCUT2D eigenvalue weighted by Crippen LogP contribution is 2.20. The first-order valence-corrected chi connectivity index (χ1v) is 6.23. The molecule has 0 aliphatic carbocycles. The van der Waals surface area contributed by atoms with Gasteiger partial charge in [0.2, 0.25) is 0 Å². The van der Waals surface area contributed by atoms with E-state index in [4.69, 9.17) is 0 Å². The first kappa shape index (κ1) is 15.2. The van der Waals surface area contributed by atoms with E-state index in [9.17, 15) is 13.2 Å². The van der Waals surface area contributed by atoms with Gasteiger partial charge >= 0.3 is 6.18 Å². The first-order valence-electron chi connectivity index (χ1n) is 6.23. The van der Waals surface area contributed by atoms with Crippen molar-refractivity contribution < 1.29 is 17.9 Å². The summed E-state index contributed by atoms with van der Waals surface area (Å²) < 4.78 is 40.8. The summed E-state index contributed by atoms with van der Waals surface area (Å²) in [6.07, 6.45) is -4.36. The average molecular weight is 297 g/mol. The summed E-state index contributed by atoms with van der Waals surface area (Å²) in [5.41, 5.74) is 1.48. The molecule has 1 N–H and O–H groups in total. The van der Waals surface area contributed by atoms with Gasteiger partial charge in [0, 0.05) is 18.7 Å². The molecule has 0 aliphatic rings. The van der Waals surface area contributed by atoms with Crippen LogP contribution in [0.15, 0.2) is 36.4 Å². The molecular formula is C14H14F3N3O. The second-order valence-electron chi connectivity index (χ2n) is 4.28. The third kappa shape index (κ3) is 4.71. The minimum Gasteiger partial charge on any atom is -0.373 e. The SMILES string of the molecule is CNc1cc(-c2ccccc2)nc(COCC(F)(F)F)n1. The molecule has 112 valence electrons. The highest BCUT2D eigenvalue weighted by Gasteiger charge is 2.27. The Morgan fingerprint density at radius 3 is 2.48 bits per heavy atom. The molecule has 0 amide bonds. The number of ether oxygens (including phenoxy) is 1. The van der Waals surface area contributed by atoms with Crippen molar-refractivity contribution in [2.75, 3.05) is 19.0 Å². The lowest BCUT2D eigenvalue weighted by atomic mass is 10.1. The highest BCUT2D eigenvalue weighted by molar-refractivity contribution is 5.62. The van der Waals surface area contributed by atoms with Crippen LogP contribution >= 0.6 is 0 Å². The van der Waals surface area contributed by atoms with Crippen LogP contribution in [-0.2, 0) is 11.3 Å². The van der Waals surface area contributed by atoms with E-state index < -0.39 is 12.8 Å². The summed E-state index contributed by atoms with van der Waals surface area (Å²) >= 11 is 0. The lowest BCUT2D eigenvalue weighted by Crippen LogP contribution is -2.17. The molecule has 0 atom stereocenters. The Kier molecular flexibility index (Phi) is 4.74. The Labute approximate surface area is 120 Å². The normalized spacial score (nSPS) is 11.4. The number of nitrogens with one attached hydrogen (secondary N) is 1. The van der Waals surface area contributed by atoms with Crippen molar-refractivity contribution in [3.63, 3.8) is 0 Å². The molecule has 21 heavy (non-hydrogen) atoms. The molecule has 0 spiro atoms. The van der Waals surface area contributed by atoms with Gasteiger partial charge in [-0.3, -0.25) is 0 Å². The van der Waals surface area contributed by atoms with E-state index in [1.807, 2.05) is 30.3 Å². The topological polar surface area (TPSA) is 47.0 Å². The van der Waals surface area contributed by atoms with Gasteiger partial charge in [-0.1, -0.05) is 30.3 Å². The molecule has 2 aromatic rings. The van der Waals surface area contributed by atoms with E-state index in [2.05, 4.69) is 20.0 Å². The molecule has 0 saturated heterocycles. The Hall–Kier alpha value is -2.15. The minimum atomic E-state index is -4.36. The van der Waals surface area contributed by atoms with Crippen LogP contribution in [-0.4, -0.2) is 29.8 Å². The van der Waals surface area contributed by atoms with Gasteiger partial charge in [-0.05, 0) is 0 Å². The molecule has 4 nitrogen and oxygen atoms in total. The summed E-state index contributed by atoms with van der Waals surface area (Å²) in [6.45, 7) is -1.62. The number of rotatable bonds is 5. The van der Waals surface area contributed by atoms with E-state index in [0.29, 0.717) is 11.5 Å². The number of alkyl halides is 3. The molecule has 0 bridgehead atoms. The fourth-order valence-corrected chi connectivity index (χ4v) is 1.70. The van der Waals surface area contributed by atoms with Crippen LogP contribution in [0, 0.1) is 0 Å². The fraction of sp³-hybridized carbons (Fsp3) is 0.286. The van der Waals surface area contributed by atoms with Crippen LogP contribution in [0.4, 0.5) is 19.0 Å². The quantitative estimate of drug-likeness (QED) is 0.920. The van der Waals surface area contributed by atoms with Gasteiger partial charge in [0.25, 0.3) is 0 Å². The smallest absolute Gasteiger partial charge is 0.373 e. The number of hydrogen-bond acceptors (Lipinski definition) is 4. The molecule has 2 rings (SSSR count). The van der Waals surface area contributed by atoms with Gasteiger partial charge in [0.15, 0.2) is 5.82 Å². The average Bonchev–Trinajstić information content (AvgIpc) is 2.46. The van der Waals surface area contributed by atoms with Gasteiger partial charge in [0.05, 0.1) is 5.69 Å². The van der Waals surface area contributed by atoms with Crippen LogP contribution in [0.2, 0.25) is 0 Å². The summed E-state index contributed by atoms with van der Waals surface area (Å²) in [5, 5.41) is 2.86. The molecule has 0 saturated carbocycles. The third-order valence-electron chi connectivity index (χ3n) is 2.60. The van der Waals surface area contributed by atoms with Crippen LogP contribution < -0.4 is 5.32 Å². The number of aromatic nitrogens is 2. The molecule has 1 aromatic heterocycles. The van der Waals surface area contributed by atoms with Gasteiger partial charge < -0.3 is 10.1 Å². The summed E-state index contributed by atoms with van der Waals surface area (Å²) in [4.78, 5) is 8.31. The molecule has 0 fully saturated rings. The Morgan fingerprint density at radius 2 is 1.86 bits per heavy atom. The van der Waals surface area contributed by atoms with Gasteiger partial charge in [0.1, 0.15) is 19.0 Å². The number of hydrogen-bond donors (Lipinski definition) is 1. The zero-order chi connectivity index (χ0) is 15.3. The van der Waals surface area contributed by atoms with E-state index >= 15 is 0 Å². The van der Waals surface area contributed by atoms with Gasteiger partial charge in [-0.25, -0.2) is 9.97 Å². The predicted molar refractivity (Wildman–Crippen MR) is 72.7 cm³/mol. The van der Waals surface area contributed by atoms with E-state index in [1.54, 1.807) is 13.1 Å². The van der Waals surface area contributed by atoms with E-state index in [0.717, 1.165) is 5.56 Å². The Morgan fingerprint density at radius 1 is 1.14 bits per heavy atom. The second-order valence-corrected chi connectivity index (χ2v) is 4.28.